The standard InChI is InChI=1S/C13H16F4N2O2/c1-2-21-7-3-6-18-12(20)19-11-8-9(13(15,16)17)4-5-10(11)14/h4-5,8H,2-3,6-7H2,1H3,(H2,18,19,20). The number of ether oxygens (including phenoxy) is 1. The highest BCUT2D eigenvalue weighted by molar-refractivity contribution is 5.89. The fourth-order valence-corrected chi connectivity index (χ4v) is 1.48. The van der Waals surface area contributed by atoms with E-state index in [2.05, 4.69) is 5.32 Å². The fourth-order valence-electron chi connectivity index (χ4n) is 1.48. The Kier molecular flexibility index (Phi) is 6.41. The van der Waals surface area contributed by atoms with Gasteiger partial charge < -0.3 is 15.4 Å². The van der Waals surface area contributed by atoms with Crippen LogP contribution < -0.4 is 10.6 Å². The molecule has 1 rings (SSSR count). The van der Waals surface area contributed by atoms with E-state index >= 15 is 0 Å². The minimum Gasteiger partial charge on any atom is -0.382 e. The Balaban J connectivity index is 2.55. The van der Waals surface area contributed by atoms with Crippen LogP contribution in [0.2, 0.25) is 0 Å². The topological polar surface area (TPSA) is 50.4 Å². The first kappa shape index (κ1) is 17.2. The highest BCUT2D eigenvalue weighted by Crippen LogP contribution is 2.31. The summed E-state index contributed by atoms with van der Waals surface area (Å²) in [5.41, 5.74) is -1.55. The van der Waals surface area contributed by atoms with Crippen molar-refractivity contribution in [3.05, 3.63) is 29.6 Å². The molecule has 1 aromatic carbocycles. The molecule has 0 spiro atoms. The van der Waals surface area contributed by atoms with Crippen LogP contribution in [-0.2, 0) is 10.9 Å². The number of carbonyl (C=O) groups is 1. The number of anilines is 1. The summed E-state index contributed by atoms with van der Waals surface area (Å²) < 4.78 is 55.9. The highest BCUT2D eigenvalue weighted by Gasteiger charge is 2.31. The molecule has 0 aromatic heterocycles. The zero-order chi connectivity index (χ0) is 15.9. The quantitative estimate of drug-likeness (QED) is 0.625. The van der Waals surface area contributed by atoms with Gasteiger partial charge in [-0.05, 0) is 31.5 Å². The zero-order valence-corrected chi connectivity index (χ0v) is 11.4. The van der Waals surface area contributed by atoms with Crippen LogP contribution in [0, 0.1) is 5.82 Å². The maximum absolute atomic E-state index is 13.4. The average molecular weight is 308 g/mol. The van der Waals surface area contributed by atoms with Gasteiger partial charge in [0.15, 0.2) is 0 Å². The molecule has 0 aliphatic carbocycles. The largest absolute Gasteiger partial charge is 0.416 e. The molecule has 8 heteroatoms. The molecule has 0 radical (unpaired) electrons. The summed E-state index contributed by atoms with van der Waals surface area (Å²) in [7, 11) is 0. The molecule has 0 aliphatic heterocycles. The van der Waals surface area contributed by atoms with Crippen molar-refractivity contribution in [1.29, 1.82) is 0 Å². The third kappa shape index (κ3) is 5.99. The van der Waals surface area contributed by atoms with Gasteiger partial charge in [-0.1, -0.05) is 0 Å². The number of urea groups is 1. The van der Waals surface area contributed by atoms with Crippen LogP contribution >= 0.6 is 0 Å². The van der Waals surface area contributed by atoms with Crippen molar-refractivity contribution >= 4 is 11.7 Å². The lowest BCUT2D eigenvalue weighted by molar-refractivity contribution is -0.137. The third-order valence-electron chi connectivity index (χ3n) is 2.50. The van der Waals surface area contributed by atoms with Gasteiger partial charge in [0, 0.05) is 19.8 Å². The second kappa shape index (κ2) is 7.82. The minimum absolute atomic E-state index is 0.270. The highest BCUT2D eigenvalue weighted by atomic mass is 19.4. The molecule has 4 nitrogen and oxygen atoms in total. The summed E-state index contributed by atoms with van der Waals surface area (Å²) in [5.74, 6) is -0.938. The Morgan fingerprint density at radius 3 is 2.67 bits per heavy atom. The van der Waals surface area contributed by atoms with Crippen LogP contribution in [0.25, 0.3) is 0 Å². The normalized spacial score (nSPS) is 11.3. The van der Waals surface area contributed by atoms with Crippen molar-refractivity contribution in [2.45, 2.75) is 19.5 Å². The van der Waals surface area contributed by atoms with Crippen LogP contribution in [0.1, 0.15) is 18.9 Å². The number of alkyl halides is 3. The first-order valence-electron chi connectivity index (χ1n) is 6.34. The molecule has 0 bridgehead atoms. The maximum atomic E-state index is 13.4. The third-order valence-corrected chi connectivity index (χ3v) is 2.50. The molecule has 1 aromatic rings. The summed E-state index contributed by atoms with van der Waals surface area (Å²) in [6, 6.07) is 1.05. The van der Waals surface area contributed by atoms with Crippen molar-refractivity contribution in [2.75, 3.05) is 25.1 Å². The molecule has 0 heterocycles. The lowest BCUT2D eigenvalue weighted by atomic mass is 10.2. The van der Waals surface area contributed by atoms with Gasteiger partial charge in [0.2, 0.25) is 0 Å². The molecule has 2 N–H and O–H groups in total. The Labute approximate surface area is 119 Å². The first-order valence-corrected chi connectivity index (χ1v) is 6.34. The van der Waals surface area contributed by atoms with E-state index in [1.807, 2.05) is 12.2 Å². The molecule has 0 saturated heterocycles. The second-order valence-corrected chi connectivity index (χ2v) is 4.12. The number of rotatable bonds is 6. The van der Waals surface area contributed by atoms with Gasteiger partial charge in [-0.2, -0.15) is 13.2 Å². The maximum Gasteiger partial charge on any atom is 0.416 e. The lowest BCUT2D eigenvalue weighted by Gasteiger charge is -2.11. The molecule has 21 heavy (non-hydrogen) atoms. The van der Waals surface area contributed by atoms with Crippen LogP contribution in [0.15, 0.2) is 18.2 Å². The number of halogens is 4. The van der Waals surface area contributed by atoms with Crippen molar-refractivity contribution in [3.8, 4) is 0 Å². The number of hydrogen-bond acceptors (Lipinski definition) is 2. The van der Waals surface area contributed by atoms with Crippen molar-refractivity contribution in [1.82, 2.24) is 5.32 Å². The van der Waals surface area contributed by atoms with Gasteiger partial charge >= 0.3 is 12.2 Å². The molecule has 0 fully saturated rings. The molecule has 118 valence electrons. The number of carbonyl (C=O) groups excluding carboxylic acids is 1. The van der Waals surface area contributed by atoms with E-state index in [0.29, 0.717) is 37.8 Å². The predicted octanol–water partition coefficient (Wildman–Crippen LogP) is 3.39. The Morgan fingerprint density at radius 1 is 1.33 bits per heavy atom. The second-order valence-electron chi connectivity index (χ2n) is 4.12. The summed E-state index contributed by atoms with van der Waals surface area (Å²) in [5, 5.41) is 4.45. The van der Waals surface area contributed by atoms with E-state index in [0.717, 1.165) is 0 Å². The molecule has 0 unspecified atom stereocenters. The molecular weight excluding hydrogens is 292 g/mol. The Hall–Kier alpha value is -1.83. The fraction of sp³-hybridized carbons (Fsp3) is 0.462. The smallest absolute Gasteiger partial charge is 0.382 e. The Morgan fingerprint density at radius 2 is 2.05 bits per heavy atom. The van der Waals surface area contributed by atoms with Crippen molar-refractivity contribution in [3.63, 3.8) is 0 Å². The van der Waals surface area contributed by atoms with Gasteiger partial charge in [0.05, 0.1) is 11.3 Å². The van der Waals surface area contributed by atoms with E-state index in [1.54, 1.807) is 0 Å². The summed E-state index contributed by atoms with van der Waals surface area (Å²) >= 11 is 0. The van der Waals surface area contributed by atoms with Gasteiger partial charge in [-0.25, -0.2) is 9.18 Å². The SMILES string of the molecule is CCOCCCNC(=O)Nc1cc(C(F)(F)F)ccc1F. The van der Waals surface area contributed by atoms with E-state index in [4.69, 9.17) is 4.74 Å². The van der Waals surface area contributed by atoms with Crippen LogP contribution in [0.4, 0.5) is 28.0 Å². The van der Waals surface area contributed by atoms with E-state index in [-0.39, 0.29) is 6.54 Å². The first-order chi connectivity index (χ1) is 9.84. The number of amides is 2. The van der Waals surface area contributed by atoms with Crippen LogP contribution in [0.5, 0.6) is 0 Å². The van der Waals surface area contributed by atoms with E-state index < -0.39 is 29.3 Å². The molecule has 0 aliphatic rings. The van der Waals surface area contributed by atoms with Crippen LogP contribution in [-0.4, -0.2) is 25.8 Å². The molecule has 0 atom stereocenters. The summed E-state index contributed by atoms with van der Waals surface area (Å²) in [4.78, 5) is 11.4. The van der Waals surface area contributed by atoms with Crippen molar-refractivity contribution in [2.24, 2.45) is 0 Å². The summed E-state index contributed by atoms with van der Waals surface area (Å²) in [6.07, 6.45) is -4.05. The lowest BCUT2D eigenvalue weighted by Crippen LogP contribution is -2.30. The summed E-state index contributed by atoms with van der Waals surface area (Å²) in [6.45, 7) is 3.11. The van der Waals surface area contributed by atoms with Crippen LogP contribution in [0.3, 0.4) is 0 Å². The number of benzene rings is 1. The monoisotopic (exact) mass is 308 g/mol. The average Bonchev–Trinajstić information content (AvgIpc) is 2.40. The van der Waals surface area contributed by atoms with E-state index in [1.165, 1.54) is 0 Å². The minimum atomic E-state index is -4.60. The number of hydrogen-bond donors (Lipinski definition) is 2. The van der Waals surface area contributed by atoms with Gasteiger partial charge in [-0.3, -0.25) is 0 Å². The molecule has 0 saturated carbocycles. The Bertz CT molecular complexity index is 478. The van der Waals surface area contributed by atoms with Gasteiger partial charge in [-0.15, -0.1) is 0 Å². The molecular formula is C13H16F4N2O2. The molecule has 2 amide bonds. The zero-order valence-electron chi connectivity index (χ0n) is 11.4. The van der Waals surface area contributed by atoms with E-state index in [9.17, 15) is 22.4 Å². The number of nitrogens with one attached hydrogen (secondary N) is 2. The van der Waals surface area contributed by atoms with Gasteiger partial charge in [0.25, 0.3) is 0 Å². The van der Waals surface area contributed by atoms with Gasteiger partial charge in [0.1, 0.15) is 5.82 Å². The predicted molar refractivity (Wildman–Crippen MR) is 69.5 cm³/mol. The van der Waals surface area contributed by atoms with Crippen molar-refractivity contribution < 1.29 is 27.1 Å².